The van der Waals surface area contributed by atoms with Crippen LogP contribution in [0.15, 0.2) is 12.1 Å². The number of halogens is 1. The molecule has 3 N–H and O–H groups in total. The van der Waals surface area contributed by atoms with E-state index in [1.165, 1.54) is 13.1 Å². The van der Waals surface area contributed by atoms with Gasteiger partial charge in [-0.05, 0) is 50.7 Å². The molecule has 0 aliphatic carbocycles. The molecule has 0 saturated heterocycles. The largest absolute Gasteiger partial charge is 0.355 e. The lowest BCUT2D eigenvalue weighted by molar-refractivity contribution is 0.0959. The van der Waals surface area contributed by atoms with E-state index in [9.17, 15) is 9.18 Å². The Balaban J connectivity index is 3.05. The third-order valence-electron chi connectivity index (χ3n) is 3.36. The maximum absolute atomic E-state index is 13.9. The Morgan fingerprint density at radius 3 is 2.58 bits per heavy atom. The SMILES string of the molecule is CNC(=O)c1cc(C)c(CC(CN)N(C)C)cc1F. The average Bonchev–Trinajstić information content (AvgIpc) is 2.37. The molecule has 106 valence electrons. The van der Waals surface area contributed by atoms with E-state index in [0.29, 0.717) is 13.0 Å². The summed E-state index contributed by atoms with van der Waals surface area (Å²) in [6.45, 7) is 2.38. The van der Waals surface area contributed by atoms with E-state index >= 15 is 0 Å². The number of likely N-dealkylation sites (N-methyl/N-ethyl adjacent to an activating group) is 1. The summed E-state index contributed by atoms with van der Waals surface area (Å²) in [5.41, 5.74) is 7.58. The van der Waals surface area contributed by atoms with E-state index in [0.717, 1.165) is 11.1 Å². The second-order valence-electron chi connectivity index (χ2n) is 4.89. The molecule has 1 aromatic rings. The van der Waals surface area contributed by atoms with Gasteiger partial charge in [0.25, 0.3) is 5.91 Å². The number of hydrogen-bond donors (Lipinski definition) is 2. The normalized spacial score (nSPS) is 12.6. The smallest absolute Gasteiger partial charge is 0.254 e. The summed E-state index contributed by atoms with van der Waals surface area (Å²) in [6, 6.07) is 3.18. The molecule has 0 aliphatic rings. The molecule has 1 atom stereocenters. The summed E-state index contributed by atoms with van der Waals surface area (Å²) in [5, 5.41) is 2.43. The Morgan fingerprint density at radius 1 is 1.47 bits per heavy atom. The molecule has 0 heterocycles. The van der Waals surface area contributed by atoms with Crippen LogP contribution < -0.4 is 11.1 Å². The number of amides is 1. The second-order valence-corrected chi connectivity index (χ2v) is 4.89. The number of nitrogens with two attached hydrogens (primary N) is 1. The van der Waals surface area contributed by atoms with Crippen molar-refractivity contribution in [1.29, 1.82) is 0 Å². The first-order valence-electron chi connectivity index (χ1n) is 6.28. The van der Waals surface area contributed by atoms with Gasteiger partial charge in [0.15, 0.2) is 0 Å². The highest BCUT2D eigenvalue weighted by atomic mass is 19.1. The van der Waals surface area contributed by atoms with Gasteiger partial charge >= 0.3 is 0 Å². The van der Waals surface area contributed by atoms with E-state index in [1.807, 2.05) is 25.9 Å². The minimum absolute atomic E-state index is 0.0814. The summed E-state index contributed by atoms with van der Waals surface area (Å²) in [7, 11) is 5.38. The zero-order valence-corrected chi connectivity index (χ0v) is 12.0. The van der Waals surface area contributed by atoms with Gasteiger partial charge in [0.2, 0.25) is 0 Å². The topological polar surface area (TPSA) is 58.4 Å². The molecule has 0 spiro atoms. The number of benzene rings is 1. The highest BCUT2D eigenvalue weighted by molar-refractivity contribution is 5.94. The molecular weight excluding hydrogens is 245 g/mol. The van der Waals surface area contributed by atoms with Crippen LogP contribution in [0.25, 0.3) is 0 Å². The summed E-state index contributed by atoms with van der Waals surface area (Å²) >= 11 is 0. The summed E-state index contributed by atoms with van der Waals surface area (Å²) in [4.78, 5) is 13.5. The molecule has 1 unspecified atom stereocenters. The van der Waals surface area contributed by atoms with Crippen molar-refractivity contribution in [1.82, 2.24) is 10.2 Å². The first-order chi connectivity index (χ1) is 8.90. The van der Waals surface area contributed by atoms with E-state index in [2.05, 4.69) is 5.32 Å². The summed E-state index contributed by atoms with van der Waals surface area (Å²) < 4.78 is 13.9. The fraction of sp³-hybridized carbons (Fsp3) is 0.500. The lowest BCUT2D eigenvalue weighted by Crippen LogP contribution is -2.37. The zero-order valence-electron chi connectivity index (χ0n) is 12.0. The van der Waals surface area contributed by atoms with Gasteiger partial charge in [-0.3, -0.25) is 4.79 Å². The minimum atomic E-state index is -0.491. The monoisotopic (exact) mass is 267 g/mol. The van der Waals surface area contributed by atoms with Crippen molar-refractivity contribution in [3.05, 3.63) is 34.6 Å². The highest BCUT2D eigenvalue weighted by Gasteiger charge is 2.16. The van der Waals surface area contributed by atoms with Crippen LogP contribution in [0.3, 0.4) is 0 Å². The lowest BCUT2D eigenvalue weighted by Gasteiger charge is -2.23. The van der Waals surface area contributed by atoms with Gasteiger partial charge in [-0.2, -0.15) is 0 Å². The molecule has 5 heteroatoms. The van der Waals surface area contributed by atoms with Crippen molar-refractivity contribution < 1.29 is 9.18 Å². The third-order valence-corrected chi connectivity index (χ3v) is 3.36. The van der Waals surface area contributed by atoms with E-state index < -0.39 is 11.7 Å². The van der Waals surface area contributed by atoms with Gasteiger partial charge in [0, 0.05) is 19.6 Å². The molecule has 1 rings (SSSR count). The molecule has 19 heavy (non-hydrogen) atoms. The van der Waals surface area contributed by atoms with E-state index in [1.54, 1.807) is 6.07 Å². The zero-order chi connectivity index (χ0) is 14.6. The van der Waals surface area contributed by atoms with Crippen molar-refractivity contribution in [3.63, 3.8) is 0 Å². The Morgan fingerprint density at radius 2 is 2.11 bits per heavy atom. The summed E-state index contributed by atoms with van der Waals surface area (Å²) in [5.74, 6) is -0.899. The Bertz CT molecular complexity index is 460. The number of hydrogen-bond acceptors (Lipinski definition) is 3. The average molecular weight is 267 g/mol. The Labute approximate surface area is 113 Å². The Hall–Kier alpha value is -1.46. The van der Waals surface area contributed by atoms with Crippen molar-refractivity contribution in [2.24, 2.45) is 5.73 Å². The highest BCUT2D eigenvalue weighted by Crippen LogP contribution is 2.18. The number of carbonyl (C=O) groups is 1. The number of aryl methyl sites for hydroxylation is 1. The molecule has 0 bridgehead atoms. The molecular formula is C14H22FN3O. The van der Waals surface area contributed by atoms with E-state index in [4.69, 9.17) is 5.73 Å². The number of nitrogens with one attached hydrogen (secondary N) is 1. The molecule has 0 aromatic heterocycles. The predicted octanol–water partition coefficient (Wildman–Crippen LogP) is 0.925. The van der Waals surface area contributed by atoms with Crippen LogP contribution in [0.5, 0.6) is 0 Å². The van der Waals surface area contributed by atoms with Crippen LogP contribution in [0.1, 0.15) is 21.5 Å². The van der Waals surface area contributed by atoms with Gasteiger partial charge in [0.1, 0.15) is 5.82 Å². The number of rotatable bonds is 5. The maximum Gasteiger partial charge on any atom is 0.254 e. The van der Waals surface area contributed by atoms with Gasteiger partial charge in [0.05, 0.1) is 5.56 Å². The van der Waals surface area contributed by atoms with Crippen LogP contribution in [0, 0.1) is 12.7 Å². The van der Waals surface area contributed by atoms with Crippen molar-refractivity contribution in [2.45, 2.75) is 19.4 Å². The van der Waals surface area contributed by atoms with Crippen LogP contribution in [-0.2, 0) is 6.42 Å². The van der Waals surface area contributed by atoms with Gasteiger partial charge in [-0.25, -0.2) is 4.39 Å². The van der Waals surface area contributed by atoms with Crippen LogP contribution in [0.2, 0.25) is 0 Å². The fourth-order valence-electron chi connectivity index (χ4n) is 1.98. The number of carbonyl (C=O) groups excluding carboxylic acids is 1. The van der Waals surface area contributed by atoms with Crippen LogP contribution in [0.4, 0.5) is 4.39 Å². The first kappa shape index (κ1) is 15.6. The maximum atomic E-state index is 13.9. The molecule has 1 amide bonds. The minimum Gasteiger partial charge on any atom is -0.355 e. The number of nitrogens with zero attached hydrogens (tertiary/aromatic N) is 1. The lowest BCUT2D eigenvalue weighted by atomic mass is 9.97. The quantitative estimate of drug-likeness (QED) is 0.834. The summed E-state index contributed by atoms with van der Waals surface area (Å²) in [6.07, 6.45) is 0.667. The predicted molar refractivity (Wildman–Crippen MR) is 74.8 cm³/mol. The standard InChI is InChI=1S/C14H22FN3O/c1-9-5-12(14(19)17-2)13(15)7-10(9)6-11(8-16)18(3)4/h5,7,11H,6,8,16H2,1-4H3,(H,17,19). The van der Waals surface area contributed by atoms with E-state index in [-0.39, 0.29) is 11.6 Å². The van der Waals surface area contributed by atoms with Crippen LogP contribution >= 0.6 is 0 Å². The van der Waals surface area contributed by atoms with Crippen LogP contribution in [-0.4, -0.2) is 44.5 Å². The van der Waals surface area contributed by atoms with Gasteiger partial charge in [-0.15, -0.1) is 0 Å². The Kier molecular flexibility index (Phi) is 5.44. The second kappa shape index (κ2) is 6.63. The molecule has 0 aliphatic heterocycles. The molecule has 0 radical (unpaired) electrons. The van der Waals surface area contributed by atoms with Gasteiger partial charge < -0.3 is 16.0 Å². The van der Waals surface area contributed by atoms with Crippen molar-refractivity contribution in [3.8, 4) is 0 Å². The first-order valence-corrected chi connectivity index (χ1v) is 6.28. The third kappa shape index (κ3) is 3.75. The molecule has 4 nitrogen and oxygen atoms in total. The molecule has 0 saturated carbocycles. The van der Waals surface area contributed by atoms with Gasteiger partial charge in [-0.1, -0.05) is 0 Å². The van der Waals surface area contributed by atoms with Crippen molar-refractivity contribution in [2.75, 3.05) is 27.7 Å². The van der Waals surface area contributed by atoms with Crippen molar-refractivity contribution >= 4 is 5.91 Å². The molecule has 1 aromatic carbocycles. The molecule has 0 fully saturated rings. The fourth-order valence-corrected chi connectivity index (χ4v) is 1.98.